The van der Waals surface area contributed by atoms with Gasteiger partial charge in [-0.25, -0.2) is 4.98 Å². The molecule has 0 aromatic carbocycles. The first-order valence-corrected chi connectivity index (χ1v) is 6.34. The number of aromatic nitrogens is 3. The summed E-state index contributed by atoms with van der Waals surface area (Å²) in [6.45, 7) is 9.56. The lowest BCUT2D eigenvalue weighted by atomic mass is 10.1. The number of rotatable bonds is 1. The van der Waals surface area contributed by atoms with Crippen LogP contribution in [0.2, 0.25) is 0 Å². The van der Waals surface area contributed by atoms with E-state index in [1.807, 2.05) is 20.8 Å². The Labute approximate surface area is 99.7 Å². The normalized spacial score (nSPS) is 15.5. The van der Waals surface area contributed by atoms with E-state index in [1.165, 1.54) is 38.7 Å². The fourth-order valence-electron chi connectivity index (χ4n) is 1.45. The van der Waals surface area contributed by atoms with Gasteiger partial charge in [0.15, 0.2) is 0 Å². The first-order valence-electron chi connectivity index (χ1n) is 6.34. The molecule has 2 rings (SSSR count). The molecule has 0 N–H and O–H groups in total. The number of hydrogen-bond donors (Lipinski definition) is 0. The second-order valence-electron chi connectivity index (χ2n) is 3.62. The SMILES string of the molecule is CC.CCn1cncn1.CN1CCCCC1. The van der Waals surface area contributed by atoms with Crippen molar-refractivity contribution >= 4 is 0 Å². The molecule has 0 radical (unpaired) electrons. The van der Waals surface area contributed by atoms with Crippen molar-refractivity contribution in [2.75, 3.05) is 20.1 Å². The molecule has 4 heteroatoms. The maximum atomic E-state index is 3.84. The monoisotopic (exact) mass is 226 g/mol. The van der Waals surface area contributed by atoms with Crippen LogP contribution in [-0.4, -0.2) is 39.8 Å². The lowest BCUT2D eigenvalue weighted by Crippen LogP contribution is -2.24. The van der Waals surface area contributed by atoms with Gasteiger partial charge in [0.25, 0.3) is 0 Å². The molecule has 0 bridgehead atoms. The summed E-state index contributed by atoms with van der Waals surface area (Å²) in [6.07, 6.45) is 7.50. The summed E-state index contributed by atoms with van der Waals surface area (Å²) in [5, 5.41) is 3.84. The van der Waals surface area contributed by atoms with Crippen molar-refractivity contribution in [3.63, 3.8) is 0 Å². The van der Waals surface area contributed by atoms with Gasteiger partial charge in [-0.1, -0.05) is 20.3 Å². The van der Waals surface area contributed by atoms with Crippen LogP contribution < -0.4 is 0 Å². The molecule has 0 aliphatic carbocycles. The number of aryl methyl sites for hydroxylation is 1. The fraction of sp³-hybridized carbons (Fsp3) is 0.833. The van der Waals surface area contributed by atoms with Gasteiger partial charge in [0, 0.05) is 6.54 Å². The van der Waals surface area contributed by atoms with Crippen molar-refractivity contribution < 1.29 is 0 Å². The first kappa shape index (κ1) is 15.1. The molecule has 1 aliphatic rings. The maximum Gasteiger partial charge on any atom is 0.137 e. The molecule has 0 saturated carbocycles. The molecular formula is C12H26N4. The fourth-order valence-corrected chi connectivity index (χ4v) is 1.45. The summed E-state index contributed by atoms with van der Waals surface area (Å²) in [4.78, 5) is 6.14. The molecule has 0 spiro atoms. The van der Waals surface area contributed by atoms with E-state index >= 15 is 0 Å². The highest BCUT2D eigenvalue weighted by molar-refractivity contribution is 4.58. The lowest BCUT2D eigenvalue weighted by molar-refractivity contribution is 0.277. The van der Waals surface area contributed by atoms with Gasteiger partial charge in [-0.2, -0.15) is 5.10 Å². The molecule has 0 amide bonds. The molecular weight excluding hydrogens is 200 g/mol. The van der Waals surface area contributed by atoms with E-state index < -0.39 is 0 Å². The van der Waals surface area contributed by atoms with Crippen LogP contribution in [0.5, 0.6) is 0 Å². The minimum Gasteiger partial charge on any atom is -0.306 e. The van der Waals surface area contributed by atoms with Gasteiger partial charge in [0.05, 0.1) is 0 Å². The van der Waals surface area contributed by atoms with E-state index in [0.717, 1.165) is 6.54 Å². The van der Waals surface area contributed by atoms with E-state index in [2.05, 4.69) is 22.0 Å². The molecule has 1 aromatic rings. The quantitative estimate of drug-likeness (QED) is 0.737. The molecule has 1 aliphatic heterocycles. The van der Waals surface area contributed by atoms with Gasteiger partial charge in [0.2, 0.25) is 0 Å². The summed E-state index contributed by atoms with van der Waals surface area (Å²) in [6, 6.07) is 0. The van der Waals surface area contributed by atoms with Gasteiger partial charge in [0.1, 0.15) is 12.7 Å². The molecule has 2 heterocycles. The van der Waals surface area contributed by atoms with Crippen molar-refractivity contribution in [1.29, 1.82) is 0 Å². The summed E-state index contributed by atoms with van der Waals surface area (Å²) >= 11 is 0. The molecule has 4 nitrogen and oxygen atoms in total. The Morgan fingerprint density at radius 1 is 1.12 bits per heavy atom. The minimum absolute atomic E-state index is 0.903. The number of hydrogen-bond acceptors (Lipinski definition) is 3. The van der Waals surface area contributed by atoms with Crippen molar-refractivity contribution in [2.24, 2.45) is 0 Å². The van der Waals surface area contributed by atoms with E-state index in [-0.39, 0.29) is 0 Å². The average molecular weight is 226 g/mol. The van der Waals surface area contributed by atoms with Crippen molar-refractivity contribution in [3.05, 3.63) is 12.7 Å². The van der Waals surface area contributed by atoms with Crippen LogP contribution in [0.15, 0.2) is 12.7 Å². The summed E-state index contributed by atoms with van der Waals surface area (Å²) in [5.74, 6) is 0. The topological polar surface area (TPSA) is 34.0 Å². The summed E-state index contributed by atoms with van der Waals surface area (Å²) in [5.41, 5.74) is 0. The Bertz CT molecular complexity index is 215. The van der Waals surface area contributed by atoms with Crippen LogP contribution in [0.25, 0.3) is 0 Å². The predicted molar refractivity (Wildman–Crippen MR) is 68.4 cm³/mol. The van der Waals surface area contributed by atoms with Crippen LogP contribution in [0.1, 0.15) is 40.0 Å². The molecule has 94 valence electrons. The van der Waals surface area contributed by atoms with Crippen molar-refractivity contribution in [1.82, 2.24) is 19.7 Å². The highest BCUT2D eigenvalue weighted by Gasteiger charge is 2.02. The van der Waals surface area contributed by atoms with E-state index in [4.69, 9.17) is 0 Å². The highest BCUT2D eigenvalue weighted by Crippen LogP contribution is 2.04. The van der Waals surface area contributed by atoms with Crippen LogP contribution in [0.4, 0.5) is 0 Å². The Morgan fingerprint density at radius 2 is 1.75 bits per heavy atom. The van der Waals surface area contributed by atoms with Gasteiger partial charge in [-0.05, 0) is 39.9 Å². The van der Waals surface area contributed by atoms with Gasteiger partial charge < -0.3 is 4.90 Å². The van der Waals surface area contributed by atoms with E-state index in [9.17, 15) is 0 Å². The Morgan fingerprint density at radius 3 is 2.00 bits per heavy atom. The van der Waals surface area contributed by atoms with Crippen LogP contribution in [0, 0.1) is 0 Å². The lowest BCUT2D eigenvalue weighted by Gasteiger charge is -2.20. The molecule has 16 heavy (non-hydrogen) atoms. The molecule has 1 aromatic heterocycles. The van der Waals surface area contributed by atoms with Gasteiger partial charge in [-0.15, -0.1) is 0 Å². The number of likely N-dealkylation sites (tertiary alicyclic amines) is 1. The molecule has 0 unspecified atom stereocenters. The zero-order valence-electron chi connectivity index (χ0n) is 11.2. The Balaban J connectivity index is 0.000000244. The van der Waals surface area contributed by atoms with Crippen molar-refractivity contribution in [2.45, 2.75) is 46.6 Å². The molecule has 1 fully saturated rings. The second kappa shape index (κ2) is 10.6. The number of nitrogens with zero attached hydrogens (tertiary/aromatic N) is 4. The highest BCUT2D eigenvalue weighted by atomic mass is 15.3. The molecule has 0 atom stereocenters. The number of piperidine rings is 1. The van der Waals surface area contributed by atoms with Crippen LogP contribution in [0.3, 0.4) is 0 Å². The third-order valence-electron chi connectivity index (χ3n) is 2.37. The Hall–Kier alpha value is -0.900. The third-order valence-corrected chi connectivity index (χ3v) is 2.37. The van der Waals surface area contributed by atoms with Gasteiger partial charge in [-0.3, -0.25) is 4.68 Å². The van der Waals surface area contributed by atoms with Crippen molar-refractivity contribution in [3.8, 4) is 0 Å². The average Bonchev–Trinajstić information content (AvgIpc) is 2.86. The van der Waals surface area contributed by atoms with Crippen LogP contribution in [-0.2, 0) is 6.54 Å². The van der Waals surface area contributed by atoms with Crippen LogP contribution >= 0.6 is 0 Å². The largest absolute Gasteiger partial charge is 0.306 e. The summed E-state index contributed by atoms with van der Waals surface area (Å²) in [7, 11) is 2.19. The first-order chi connectivity index (χ1) is 7.83. The standard InChI is InChI=1S/C6H13N.C4H7N3.C2H6/c1-7-5-3-2-4-6-7;1-2-7-4-5-3-6-7;1-2/h2-6H2,1H3;3-4H,2H2,1H3;1-2H3. The smallest absolute Gasteiger partial charge is 0.137 e. The van der Waals surface area contributed by atoms with E-state index in [1.54, 1.807) is 11.0 Å². The summed E-state index contributed by atoms with van der Waals surface area (Å²) < 4.78 is 1.76. The Kier molecular flexibility index (Phi) is 10.0. The maximum absolute atomic E-state index is 3.84. The second-order valence-corrected chi connectivity index (χ2v) is 3.62. The zero-order chi connectivity index (χ0) is 12.2. The molecule has 1 saturated heterocycles. The van der Waals surface area contributed by atoms with Gasteiger partial charge >= 0.3 is 0 Å². The van der Waals surface area contributed by atoms with E-state index in [0.29, 0.717) is 0 Å². The zero-order valence-corrected chi connectivity index (χ0v) is 11.2. The predicted octanol–water partition coefficient (Wildman–Crippen LogP) is 2.43. The third kappa shape index (κ3) is 7.40. The minimum atomic E-state index is 0.903.